The molecule has 1 heterocycles. The highest BCUT2D eigenvalue weighted by atomic mass is 32.2. The molecular weight excluding hydrogens is 248 g/mol. The Balaban J connectivity index is 1.94. The Morgan fingerprint density at radius 2 is 1.72 bits per heavy atom. The summed E-state index contributed by atoms with van der Waals surface area (Å²) in [4.78, 5) is 0. The zero-order valence-corrected chi connectivity index (χ0v) is 12.2. The van der Waals surface area contributed by atoms with Crippen LogP contribution in [0.5, 0.6) is 0 Å². The maximum absolute atomic E-state index is 12.4. The summed E-state index contributed by atoms with van der Waals surface area (Å²) in [7, 11) is -1.31. The summed E-state index contributed by atoms with van der Waals surface area (Å²) in [5.41, 5.74) is 0. The molecule has 1 aliphatic carbocycles. The largest absolute Gasteiger partial charge is 0.313 e. The first-order chi connectivity index (χ1) is 8.59. The minimum Gasteiger partial charge on any atom is -0.313 e. The first-order valence-corrected chi connectivity index (χ1v) is 8.89. The highest BCUT2D eigenvalue weighted by molar-refractivity contribution is 7.89. The average Bonchev–Trinajstić information content (AvgIpc) is 2.68. The maximum atomic E-state index is 12.4. The molecule has 0 amide bonds. The Hall–Kier alpha value is -0.130. The summed E-state index contributed by atoms with van der Waals surface area (Å²) in [6.45, 7) is 0.966. The summed E-state index contributed by atoms with van der Waals surface area (Å²) in [5, 5.41) is 3.28. The lowest BCUT2D eigenvalue weighted by Crippen LogP contribution is -2.42. The smallest absolute Gasteiger partial charge is 0.215 e. The fraction of sp³-hybridized carbons (Fsp3) is 1.00. The van der Waals surface area contributed by atoms with E-state index in [4.69, 9.17) is 0 Å². The van der Waals surface area contributed by atoms with Crippen LogP contribution in [0.4, 0.5) is 0 Å². The fourth-order valence-electron chi connectivity index (χ4n) is 3.12. The number of sulfonamides is 1. The van der Waals surface area contributed by atoms with E-state index >= 15 is 0 Å². The number of nitrogens with zero attached hydrogens (tertiary/aromatic N) is 1. The molecule has 1 aliphatic heterocycles. The molecule has 4 nitrogen and oxygen atoms in total. The second kappa shape index (κ2) is 6.35. The van der Waals surface area contributed by atoms with Gasteiger partial charge in [0.2, 0.25) is 10.0 Å². The highest BCUT2D eigenvalue weighted by Gasteiger charge is 2.30. The van der Waals surface area contributed by atoms with Crippen LogP contribution in [0.25, 0.3) is 0 Å². The molecule has 1 unspecified atom stereocenters. The summed E-state index contributed by atoms with van der Waals surface area (Å²) in [6, 6.07) is 0.405. The third-order valence-corrected chi connectivity index (χ3v) is 6.35. The molecule has 0 spiro atoms. The van der Waals surface area contributed by atoms with Crippen molar-refractivity contribution < 1.29 is 8.42 Å². The maximum Gasteiger partial charge on any atom is 0.215 e. The van der Waals surface area contributed by atoms with E-state index in [1.54, 1.807) is 11.4 Å². The molecule has 0 aromatic rings. The number of hydrogen-bond donors (Lipinski definition) is 1. The van der Waals surface area contributed by atoms with Gasteiger partial charge in [-0.15, -0.1) is 0 Å². The van der Waals surface area contributed by atoms with Gasteiger partial charge in [-0.2, -0.15) is 0 Å². The molecule has 106 valence electrons. The van der Waals surface area contributed by atoms with Gasteiger partial charge >= 0.3 is 0 Å². The summed E-state index contributed by atoms with van der Waals surface area (Å²) < 4.78 is 26.4. The second-order valence-electron chi connectivity index (χ2n) is 5.73. The second-order valence-corrected chi connectivity index (χ2v) is 7.81. The van der Waals surface area contributed by atoms with Crippen LogP contribution in [0.1, 0.15) is 51.4 Å². The third kappa shape index (κ3) is 3.68. The van der Waals surface area contributed by atoms with Crippen LogP contribution in [-0.2, 0) is 10.0 Å². The first-order valence-electron chi connectivity index (χ1n) is 7.29. The fourth-order valence-corrected chi connectivity index (χ4v) is 4.81. The molecule has 18 heavy (non-hydrogen) atoms. The van der Waals surface area contributed by atoms with E-state index in [2.05, 4.69) is 5.32 Å². The van der Waals surface area contributed by atoms with Gasteiger partial charge in [0.15, 0.2) is 0 Å². The van der Waals surface area contributed by atoms with Crippen LogP contribution in [0, 0.1) is 0 Å². The SMILES string of the molecule is CN(C1CCCCCC1)S(=O)(=O)CC1CCCN1. The zero-order valence-electron chi connectivity index (χ0n) is 11.4. The van der Waals surface area contributed by atoms with Crippen molar-refractivity contribution in [3.05, 3.63) is 0 Å². The molecule has 5 heteroatoms. The standard InChI is InChI=1S/C13H26N2O2S/c1-15(13-8-4-2-3-5-9-13)18(16,17)11-12-7-6-10-14-12/h12-14H,2-11H2,1H3. The highest BCUT2D eigenvalue weighted by Crippen LogP contribution is 2.23. The Bertz CT molecular complexity index is 342. The molecule has 0 radical (unpaired) electrons. The van der Waals surface area contributed by atoms with Crippen LogP contribution in [-0.4, -0.2) is 44.2 Å². The topological polar surface area (TPSA) is 49.4 Å². The average molecular weight is 274 g/mol. The molecule has 0 aromatic carbocycles. The van der Waals surface area contributed by atoms with Gasteiger partial charge in [-0.05, 0) is 32.2 Å². The van der Waals surface area contributed by atoms with Crippen molar-refractivity contribution in [3.63, 3.8) is 0 Å². The molecular formula is C13H26N2O2S. The molecule has 1 atom stereocenters. The molecule has 1 N–H and O–H groups in total. The van der Waals surface area contributed by atoms with Gasteiger partial charge < -0.3 is 5.32 Å². The molecule has 1 saturated heterocycles. The molecule has 2 aliphatic rings. The molecule has 2 rings (SSSR count). The van der Waals surface area contributed by atoms with Gasteiger partial charge in [0.25, 0.3) is 0 Å². The minimum atomic E-state index is -3.09. The van der Waals surface area contributed by atoms with Crippen molar-refractivity contribution in [2.75, 3.05) is 19.3 Å². The van der Waals surface area contributed by atoms with E-state index < -0.39 is 10.0 Å². The van der Waals surface area contributed by atoms with Gasteiger partial charge in [-0.1, -0.05) is 25.7 Å². The van der Waals surface area contributed by atoms with Crippen molar-refractivity contribution in [3.8, 4) is 0 Å². The van der Waals surface area contributed by atoms with Crippen LogP contribution in [0.15, 0.2) is 0 Å². The van der Waals surface area contributed by atoms with Gasteiger partial charge in [-0.3, -0.25) is 0 Å². The molecule has 0 bridgehead atoms. The van der Waals surface area contributed by atoms with E-state index in [0.29, 0.717) is 0 Å². The van der Waals surface area contributed by atoms with Crippen LogP contribution in [0.2, 0.25) is 0 Å². The van der Waals surface area contributed by atoms with Crippen LogP contribution < -0.4 is 5.32 Å². The Morgan fingerprint density at radius 1 is 1.06 bits per heavy atom. The zero-order chi connectivity index (χ0) is 13.0. The summed E-state index contributed by atoms with van der Waals surface area (Å²) in [5.74, 6) is 0.278. The van der Waals surface area contributed by atoms with Gasteiger partial charge in [0.1, 0.15) is 0 Å². The lowest BCUT2D eigenvalue weighted by molar-refractivity contribution is 0.334. The Morgan fingerprint density at radius 3 is 2.28 bits per heavy atom. The predicted octanol–water partition coefficient (Wildman–Crippen LogP) is 1.72. The van der Waals surface area contributed by atoms with Crippen molar-refractivity contribution >= 4 is 10.0 Å². The van der Waals surface area contributed by atoms with E-state index in [-0.39, 0.29) is 17.8 Å². The Labute approximate surface area is 111 Å². The van der Waals surface area contributed by atoms with Gasteiger partial charge in [0.05, 0.1) is 5.75 Å². The number of nitrogens with one attached hydrogen (secondary N) is 1. The lowest BCUT2D eigenvalue weighted by Gasteiger charge is -2.27. The van der Waals surface area contributed by atoms with Crippen molar-refractivity contribution in [2.24, 2.45) is 0 Å². The summed E-state index contributed by atoms with van der Waals surface area (Å²) in [6.07, 6.45) is 9.04. The van der Waals surface area contributed by atoms with Gasteiger partial charge in [-0.25, -0.2) is 12.7 Å². The van der Waals surface area contributed by atoms with Gasteiger partial charge in [0, 0.05) is 19.1 Å². The first kappa shape index (κ1) is 14.3. The van der Waals surface area contributed by atoms with Crippen LogP contribution in [0.3, 0.4) is 0 Å². The lowest BCUT2D eigenvalue weighted by atomic mass is 10.1. The number of rotatable bonds is 4. The summed E-state index contributed by atoms with van der Waals surface area (Å²) >= 11 is 0. The molecule has 0 aromatic heterocycles. The van der Waals surface area contributed by atoms with E-state index in [9.17, 15) is 8.42 Å². The van der Waals surface area contributed by atoms with Crippen LogP contribution >= 0.6 is 0 Å². The van der Waals surface area contributed by atoms with Crippen molar-refractivity contribution in [2.45, 2.75) is 63.5 Å². The predicted molar refractivity (Wildman–Crippen MR) is 74.1 cm³/mol. The normalized spacial score (nSPS) is 27.6. The monoisotopic (exact) mass is 274 g/mol. The van der Waals surface area contributed by atoms with E-state index in [0.717, 1.165) is 32.2 Å². The third-order valence-electron chi connectivity index (χ3n) is 4.35. The van der Waals surface area contributed by atoms with Crippen molar-refractivity contribution in [1.29, 1.82) is 0 Å². The minimum absolute atomic E-state index is 0.170. The number of hydrogen-bond acceptors (Lipinski definition) is 3. The molecule has 2 fully saturated rings. The van der Waals surface area contributed by atoms with E-state index in [1.165, 1.54) is 25.7 Å². The quantitative estimate of drug-likeness (QED) is 0.794. The Kier molecular flexibility index (Phi) is 5.04. The molecule has 1 saturated carbocycles. The van der Waals surface area contributed by atoms with Crippen molar-refractivity contribution in [1.82, 2.24) is 9.62 Å². The van der Waals surface area contributed by atoms with E-state index in [1.807, 2.05) is 0 Å².